The third-order valence-corrected chi connectivity index (χ3v) is 8.01. The fraction of sp³-hybridized carbons (Fsp3) is 0.435. The van der Waals surface area contributed by atoms with Gasteiger partial charge in [0.1, 0.15) is 0 Å². The molecule has 1 amide bonds. The van der Waals surface area contributed by atoms with Crippen LogP contribution < -0.4 is 5.32 Å². The lowest BCUT2D eigenvalue weighted by molar-refractivity contribution is 0.0935. The van der Waals surface area contributed by atoms with Crippen molar-refractivity contribution < 1.29 is 13.2 Å². The molecule has 1 N–H and O–H groups in total. The highest BCUT2D eigenvalue weighted by atomic mass is 35.5. The van der Waals surface area contributed by atoms with Crippen LogP contribution in [0.1, 0.15) is 65.7 Å². The summed E-state index contributed by atoms with van der Waals surface area (Å²) >= 11 is 6.28. The summed E-state index contributed by atoms with van der Waals surface area (Å²) in [6.07, 6.45) is 3.46. The van der Waals surface area contributed by atoms with Gasteiger partial charge in [-0.2, -0.15) is 4.31 Å². The number of rotatable bonds is 6. The molecule has 3 rings (SSSR count). The fourth-order valence-electron chi connectivity index (χ4n) is 3.73. The largest absolute Gasteiger partial charge is 0.345 e. The van der Waals surface area contributed by atoms with Crippen molar-refractivity contribution in [2.24, 2.45) is 0 Å². The Hall–Kier alpha value is -1.89. The highest BCUT2D eigenvalue weighted by molar-refractivity contribution is 7.89. The molecule has 30 heavy (non-hydrogen) atoms. The van der Waals surface area contributed by atoms with Gasteiger partial charge in [-0.25, -0.2) is 8.42 Å². The van der Waals surface area contributed by atoms with E-state index in [0.717, 1.165) is 30.4 Å². The Balaban J connectivity index is 1.86. The van der Waals surface area contributed by atoms with Crippen LogP contribution in [-0.2, 0) is 10.0 Å². The second kappa shape index (κ2) is 9.50. The Bertz CT molecular complexity index is 1030. The third kappa shape index (κ3) is 4.88. The first kappa shape index (κ1) is 22.8. The van der Waals surface area contributed by atoms with Crippen molar-refractivity contribution in [2.45, 2.75) is 57.4 Å². The predicted molar refractivity (Wildman–Crippen MR) is 120 cm³/mol. The lowest BCUT2D eigenvalue weighted by atomic mass is 9.99. The van der Waals surface area contributed by atoms with Crippen LogP contribution in [-0.4, -0.2) is 31.7 Å². The number of nitrogens with one attached hydrogen (secondary N) is 1. The van der Waals surface area contributed by atoms with Crippen LogP contribution in [0.15, 0.2) is 41.3 Å². The highest BCUT2D eigenvalue weighted by Crippen LogP contribution is 2.26. The molecule has 0 spiro atoms. The number of piperidine rings is 1. The minimum absolute atomic E-state index is 0.109. The van der Waals surface area contributed by atoms with Crippen LogP contribution in [0.3, 0.4) is 0 Å². The van der Waals surface area contributed by atoms with Crippen LogP contribution in [0.4, 0.5) is 0 Å². The average molecular weight is 449 g/mol. The SMILES string of the molecule is CC[C@H](NC(=O)c1cc(S(=O)(=O)N2CCCCC2)ccc1Cl)c1ccc(C)c(C)c1. The van der Waals surface area contributed by atoms with Crippen molar-refractivity contribution in [2.75, 3.05) is 13.1 Å². The molecule has 0 bridgehead atoms. The summed E-state index contributed by atoms with van der Waals surface area (Å²) in [5.41, 5.74) is 3.55. The Morgan fingerprint density at radius 3 is 2.40 bits per heavy atom. The zero-order chi connectivity index (χ0) is 21.9. The lowest BCUT2D eigenvalue weighted by Crippen LogP contribution is -2.35. The van der Waals surface area contributed by atoms with Crippen molar-refractivity contribution >= 4 is 27.5 Å². The molecule has 162 valence electrons. The van der Waals surface area contributed by atoms with Gasteiger partial charge in [0.05, 0.1) is 21.5 Å². The molecule has 1 saturated heterocycles. The van der Waals surface area contributed by atoms with Crippen LogP contribution in [0, 0.1) is 13.8 Å². The van der Waals surface area contributed by atoms with E-state index < -0.39 is 10.0 Å². The Kier molecular flexibility index (Phi) is 7.22. The molecule has 0 unspecified atom stereocenters. The number of hydrogen-bond donors (Lipinski definition) is 1. The first-order valence-electron chi connectivity index (χ1n) is 10.4. The van der Waals surface area contributed by atoms with Gasteiger partial charge in [-0.05, 0) is 68.0 Å². The summed E-state index contributed by atoms with van der Waals surface area (Å²) in [4.78, 5) is 13.1. The number of hydrogen-bond acceptors (Lipinski definition) is 3. The van der Waals surface area contributed by atoms with Crippen LogP contribution >= 0.6 is 11.6 Å². The normalized spacial score (nSPS) is 16.3. The molecule has 1 atom stereocenters. The lowest BCUT2D eigenvalue weighted by Gasteiger charge is -2.26. The molecule has 0 aliphatic carbocycles. The predicted octanol–water partition coefficient (Wildman–Crippen LogP) is 5.01. The van der Waals surface area contributed by atoms with E-state index in [2.05, 4.69) is 11.4 Å². The Morgan fingerprint density at radius 1 is 1.07 bits per heavy atom. The molecule has 1 aliphatic rings. The van der Waals surface area contributed by atoms with E-state index in [1.54, 1.807) is 0 Å². The summed E-state index contributed by atoms with van der Waals surface area (Å²) in [6.45, 7) is 7.11. The molecule has 2 aromatic rings. The first-order valence-corrected chi connectivity index (χ1v) is 12.2. The molecule has 0 radical (unpaired) electrons. The summed E-state index contributed by atoms with van der Waals surface area (Å²) in [5.74, 6) is -0.374. The molecular weight excluding hydrogens is 420 g/mol. The van der Waals surface area contributed by atoms with Gasteiger partial charge >= 0.3 is 0 Å². The average Bonchev–Trinajstić information content (AvgIpc) is 2.74. The smallest absolute Gasteiger partial charge is 0.253 e. The van der Waals surface area contributed by atoms with Gasteiger partial charge in [0.25, 0.3) is 5.91 Å². The number of amides is 1. The number of aryl methyl sites for hydroxylation is 2. The molecular formula is C23H29ClN2O3S. The number of carbonyl (C=O) groups is 1. The summed E-state index contributed by atoms with van der Waals surface area (Å²) < 4.78 is 27.5. The van der Waals surface area contributed by atoms with Crippen LogP contribution in [0.25, 0.3) is 0 Å². The monoisotopic (exact) mass is 448 g/mol. The highest BCUT2D eigenvalue weighted by Gasteiger charge is 2.27. The molecule has 0 aromatic heterocycles. The topological polar surface area (TPSA) is 66.5 Å². The number of halogens is 1. The van der Waals surface area contributed by atoms with Gasteiger partial charge in [0.15, 0.2) is 0 Å². The minimum Gasteiger partial charge on any atom is -0.345 e. The van der Waals surface area contributed by atoms with Crippen LogP contribution in [0.5, 0.6) is 0 Å². The quantitative estimate of drug-likeness (QED) is 0.675. The van der Waals surface area contributed by atoms with E-state index in [9.17, 15) is 13.2 Å². The molecule has 5 nitrogen and oxygen atoms in total. The number of benzene rings is 2. The molecule has 0 saturated carbocycles. The Morgan fingerprint density at radius 2 is 1.77 bits per heavy atom. The van der Waals surface area contributed by atoms with E-state index in [1.807, 2.05) is 32.9 Å². The number of nitrogens with zero attached hydrogens (tertiary/aromatic N) is 1. The standard InChI is InChI=1S/C23H29ClN2O3S/c1-4-22(18-9-8-16(2)17(3)14-18)25-23(27)20-15-19(10-11-21(20)24)30(28,29)26-12-6-5-7-13-26/h8-11,14-15,22H,4-7,12-13H2,1-3H3,(H,25,27)/t22-/m0/s1. The third-order valence-electron chi connectivity index (χ3n) is 5.78. The maximum Gasteiger partial charge on any atom is 0.253 e. The Labute approximate surface area is 184 Å². The summed E-state index contributed by atoms with van der Waals surface area (Å²) in [6, 6.07) is 10.3. The summed E-state index contributed by atoms with van der Waals surface area (Å²) in [5, 5.41) is 3.25. The second-order valence-corrected chi connectivity index (χ2v) is 10.2. The van der Waals surface area contributed by atoms with Crippen molar-refractivity contribution in [3.63, 3.8) is 0 Å². The van der Waals surface area contributed by atoms with Crippen molar-refractivity contribution in [3.05, 3.63) is 63.7 Å². The van der Waals surface area contributed by atoms with E-state index in [-0.39, 0.29) is 27.4 Å². The van der Waals surface area contributed by atoms with Crippen molar-refractivity contribution in [3.8, 4) is 0 Å². The van der Waals surface area contributed by atoms with Crippen molar-refractivity contribution in [1.82, 2.24) is 9.62 Å². The number of carbonyl (C=O) groups excluding carboxylic acids is 1. The van der Waals surface area contributed by atoms with Gasteiger partial charge < -0.3 is 5.32 Å². The zero-order valence-corrected chi connectivity index (χ0v) is 19.3. The number of sulfonamides is 1. The molecule has 2 aromatic carbocycles. The van der Waals surface area contributed by atoms with E-state index >= 15 is 0 Å². The molecule has 7 heteroatoms. The van der Waals surface area contributed by atoms with Gasteiger partial charge in [-0.3, -0.25) is 4.79 Å². The second-order valence-electron chi connectivity index (χ2n) is 7.88. The molecule has 1 heterocycles. The molecule has 1 fully saturated rings. The minimum atomic E-state index is -3.64. The van der Waals surface area contributed by atoms with E-state index in [0.29, 0.717) is 19.5 Å². The van der Waals surface area contributed by atoms with Gasteiger partial charge in [-0.1, -0.05) is 43.1 Å². The maximum absolute atomic E-state index is 13.0. The fourth-order valence-corrected chi connectivity index (χ4v) is 5.48. The molecule has 1 aliphatic heterocycles. The van der Waals surface area contributed by atoms with Gasteiger partial charge in [-0.15, -0.1) is 0 Å². The van der Waals surface area contributed by atoms with Crippen LogP contribution in [0.2, 0.25) is 5.02 Å². The van der Waals surface area contributed by atoms with Gasteiger partial charge in [0, 0.05) is 13.1 Å². The van der Waals surface area contributed by atoms with Gasteiger partial charge in [0.2, 0.25) is 10.0 Å². The van der Waals surface area contributed by atoms with E-state index in [4.69, 9.17) is 11.6 Å². The summed E-state index contributed by atoms with van der Waals surface area (Å²) in [7, 11) is -3.64. The zero-order valence-electron chi connectivity index (χ0n) is 17.7. The van der Waals surface area contributed by atoms with E-state index in [1.165, 1.54) is 28.1 Å². The van der Waals surface area contributed by atoms with Crippen molar-refractivity contribution in [1.29, 1.82) is 0 Å². The maximum atomic E-state index is 13.0. The first-order chi connectivity index (χ1) is 14.2.